The minimum Gasteiger partial charge on any atom is -0.375 e. The van der Waals surface area contributed by atoms with Crippen molar-refractivity contribution in [2.45, 2.75) is 12.1 Å². The van der Waals surface area contributed by atoms with E-state index in [1.165, 1.54) is 12.1 Å². The Bertz CT molecular complexity index is 421. The minimum atomic E-state index is -0.283. The van der Waals surface area contributed by atoms with Crippen LogP contribution in [0, 0.1) is 5.82 Å². The molecule has 1 fully saturated rings. The standard InChI is InChI=1S/C13H17FN2O2S/c1-18-12(9-2-4-10(14)5-3-9)6-15-13(17)11-7-19-8-16-11/h2-5,11-12,16H,6-8H2,1H3,(H,15,17). The molecule has 0 aromatic heterocycles. The van der Waals surface area contributed by atoms with E-state index in [4.69, 9.17) is 4.74 Å². The average molecular weight is 284 g/mol. The quantitative estimate of drug-likeness (QED) is 0.855. The van der Waals surface area contributed by atoms with E-state index >= 15 is 0 Å². The molecule has 0 radical (unpaired) electrons. The predicted molar refractivity (Wildman–Crippen MR) is 73.4 cm³/mol. The van der Waals surface area contributed by atoms with Gasteiger partial charge in [-0.05, 0) is 17.7 Å². The molecule has 1 saturated heterocycles. The lowest BCUT2D eigenvalue weighted by molar-refractivity contribution is -0.123. The van der Waals surface area contributed by atoms with Crippen molar-refractivity contribution >= 4 is 17.7 Å². The number of thioether (sulfide) groups is 1. The van der Waals surface area contributed by atoms with Gasteiger partial charge in [-0.1, -0.05) is 12.1 Å². The molecule has 1 aromatic rings. The number of nitrogens with one attached hydrogen (secondary N) is 2. The lowest BCUT2D eigenvalue weighted by Gasteiger charge is -2.18. The van der Waals surface area contributed by atoms with Crippen molar-refractivity contribution in [2.24, 2.45) is 0 Å². The van der Waals surface area contributed by atoms with Crippen molar-refractivity contribution in [1.82, 2.24) is 10.6 Å². The molecule has 0 aliphatic carbocycles. The summed E-state index contributed by atoms with van der Waals surface area (Å²) in [7, 11) is 1.57. The lowest BCUT2D eigenvalue weighted by Crippen LogP contribution is -2.43. The summed E-state index contributed by atoms with van der Waals surface area (Å²) < 4.78 is 18.2. The van der Waals surface area contributed by atoms with E-state index in [1.54, 1.807) is 31.0 Å². The number of hydrogen-bond acceptors (Lipinski definition) is 4. The molecular weight excluding hydrogens is 267 g/mol. The Hall–Kier alpha value is -1.11. The summed E-state index contributed by atoms with van der Waals surface area (Å²) in [6, 6.07) is 5.98. The minimum absolute atomic E-state index is 0.0193. The highest BCUT2D eigenvalue weighted by Crippen LogP contribution is 2.16. The van der Waals surface area contributed by atoms with E-state index in [9.17, 15) is 9.18 Å². The molecule has 4 nitrogen and oxygen atoms in total. The van der Waals surface area contributed by atoms with Gasteiger partial charge in [0.15, 0.2) is 0 Å². The van der Waals surface area contributed by atoms with E-state index in [-0.39, 0.29) is 23.9 Å². The molecule has 2 rings (SSSR count). The Balaban J connectivity index is 1.88. The van der Waals surface area contributed by atoms with Crippen LogP contribution in [0.3, 0.4) is 0 Å². The van der Waals surface area contributed by atoms with Crippen LogP contribution in [0.2, 0.25) is 0 Å². The van der Waals surface area contributed by atoms with Gasteiger partial charge in [0.1, 0.15) is 5.82 Å². The highest BCUT2D eigenvalue weighted by Gasteiger charge is 2.23. The second kappa shape index (κ2) is 6.88. The SMILES string of the molecule is COC(CNC(=O)C1CSCN1)c1ccc(F)cc1. The molecule has 1 aliphatic heterocycles. The van der Waals surface area contributed by atoms with Crippen LogP contribution in [0.25, 0.3) is 0 Å². The van der Waals surface area contributed by atoms with Gasteiger partial charge in [-0.15, -0.1) is 11.8 Å². The van der Waals surface area contributed by atoms with Gasteiger partial charge in [0.05, 0.1) is 12.1 Å². The van der Waals surface area contributed by atoms with Gasteiger partial charge in [0.25, 0.3) is 0 Å². The Labute approximate surface area is 116 Å². The second-order valence-corrected chi connectivity index (χ2v) is 5.32. The first-order valence-corrected chi connectivity index (χ1v) is 7.23. The van der Waals surface area contributed by atoms with E-state index < -0.39 is 0 Å². The fourth-order valence-corrected chi connectivity index (χ4v) is 2.84. The first-order chi connectivity index (χ1) is 9.20. The molecular formula is C13H17FN2O2S. The summed E-state index contributed by atoms with van der Waals surface area (Å²) in [6.45, 7) is 0.379. The van der Waals surface area contributed by atoms with Gasteiger partial charge in [0, 0.05) is 25.3 Å². The second-order valence-electron chi connectivity index (χ2n) is 4.29. The molecule has 2 unspecified atom stereocenters. The molecule has 104 valence electrons. The number of methoxy groups -OCH3 is 1. The van der Waals surface area contributed by atoms with Gasteiger partial charge in [0.2, 0.25) is 5.91 Å². The van der Waals surface area contributed by atoms with Crippen molar-refractivity contribution in [2.75, 3.05) is 25.3 Å². The molecule has 6 heteroatoms. The van der Waals surface area contributed by atoms with Crippen LogP contribution in [0.5, 0.6) is 0 Å². The molecule has 0 spiro atoms. The maximum atomic E-state index is 12.9. The maximum absolute atomic E-state index is 12.9. The fourth-order valence-electron chi connectivity index (χ4n) is 1.89. The van der Waals surface area contributed by atoms with Crippen LogP contribution in [0.1, 0.15) is 11.7 Å². The summed E-state index contributed by atoms with van der Waals surface area (Å²) >= 11 is 1.70. The van der Waals surface area contributed by atoms with Gasteiger partial charge in [-0.3, -0.25) is 10.1 Å². The number of carbonyl (C=O) groups is 1. The Morgan fingerprint density at radius 3 is 2.89 bits per heavy atom. The molecule has 2 N–H and O–H groups in total. The number of benzene rings is 1. The van der Waals surface area contributed by atoms with Gasteiger partial charge >= 0.3 is 0 Å². The van der Waals surface area contributed by atoms with Crippen molar-refractivity contribution in [3.8, 4) is 0 Å². The van der Waals surface area contributed by atoms with Crippen molar-refractivity contribution in [3.63, 3.8) is 0 Å². The van der Waals surface area contributed by atoms with Gasteiger partial charge in [-0.2, -0.15) is 0 Å². The monoisotopic (exact) mass is 284 g/mol. The van der Waals surface area contributed by atoms with Crippen LogP contribution in [-0.4, -0.2) is 37.2 Å². The number of rotatable bonds is 5. The highest BCUT2D eigenvalue weighted by molar-refractivity contribution is 7.99. The third-order valence-electron chi connectivity index (χ3n) is 3.02. The zero-order chi connectivity index (χ0) is 13.7. The van der Waals surface area contributed by atoms with Gasteiger partial charge < -0.3 is 10.1 Å². The largest absolute Gasteiger partial charge is 0.375 e. The highest BCUT2D eigenvalue weighted by atomic mass is 32.2. The molecule has 1 aliphatic rings. The van der Waals surface area contributed by atoms with E-state index in [0.29, 0.717) is 6.54 Å². The third kappa shape index (κ3) is 3.92. The average Bonchev–Trinajstić information content (AvgIpc) is 2.95. The van der Waals surface area contributed by atoms with E-state index in [0.717, 1.165) is 17.2 Å². The first-order valence-electron chi connectivity index (χ1n) is 6.08. The predicted octanol–water partition coefficient (Wildman–Crippen LogP) is 1.29. The van der Waals surface area contributed by atoms with Crippen LogP contribution < -0.4 is 10.6 Å². The number of hydrogen-bond donors (Lipinski definition) is 2. The summed E-state index contributed by atoms with van der Waals surface area (Å²) in [5.74, 6) is 1.30. The van der Waals surface area contributed by atoms with E-state index in [1.807, 2.05) is 0 Å². The Morgan fingerprint density at radius 1 is 1.58 bits per heavy atom. The zero-order valence-electron chi connectivity index (χ0n) is 10.7. The first kappa shape index (κ1) is 14.3. The summed E-state index contributed by atoms with van der Waals surface area (Å²) in [4.78, 5) is 11.8. The normalized spacial score (nSPS) is 20.2. The van der Waals surface area contributed by atoms with Crippen LogP contribution in [0.4, 0.5) is 4.39 Å². The molecule has 1 aromatic carbocycles. The number of ether oxygens (including phenoxy) is 1. The lowest BCUT2D eigenvalue weighted by atomic mass is 10.1. The maximum Gasteiger partial charge on any atom is 0.238 e. The molecule has 0 saturated carbocycles. The van der Waals surface area contributed by atoms with Crippen molar-refractivity contribution in [1.29, 1.82) is 0 Å². The van der Waals surface area contributed by atoms with Crippen LogP contribution in [-0.2, 0) is 9.53 Å². The Kier molecular flexibility index (Phi) is 5.18. The van der Waals surface area contributed by atoms with Gasteiger partial charge in [-0.25, -0.2) is 4.39 Å². The molecule has 0 bridgehead atoms. The smallest absolute Gasteiger partial charge is 0.238 e. The zero-order valence-corrected chi connectivity index (χ0v) is 11.5. The molecule has 19 heavy (non-hydrogen) atoms. The summed E-state index contributed by atoms with van der Waals surface area (Å²) in [5.41, 5.74) is 0.845. The molecule has 2 atom stereocenters. The van der Waals surface area contributed by atoms with Crippen molar-refractivity contribution < 1.29 is 13.9 Å². The third-order valence-corrected chi connectivity index (χ3v) is 3.96. The van der Waals surface area contributed by atoms with Crippen LogP contribution in [0.15, 0.2) is 24.3 Å². The molecule has 1 amide bonds. The van der Waals surface area contributed by atoms with E-state index in [2.05, 4.69) is 10.6 Å². The molecule has 1 heterocycles. The number of carbonyl (C=O) groups excluding carboxylic acids is 1. The number of amides is 1. The summed E-state index contributed by atoms with van der Waals surface area (Å²) in [5, 5.41) is 5.96. The fraction of sp³-hybridized carbons (Fsp3) is 0.462. The summed E-state index contributed by atoms with van der Waals surface area (Å²) in [6.07, 6.45) is -0.265. The van der Waals surface area contributed by atoms with Crippen molar-refractivity contribution in [3.05, 3.63) is 35.6 Å². The Morgan fingerprint density at radius 2 is 2.32 bits per heavy atom. The number of halogens is 1. The van der Waals surface area contributed by atoms with Crippen LogP contribution >= 0.6 is 11.8 Å². The topological polar surface area (TPSA) is 50.4 Å².